The minimum Gasteiger partial charge on any atom is -0.390 e. The summed E-state index contributed by atoms with van der Waals surface area (Å²) in [5, 5.41) is 31.4. The van der Waals surface area contributed by atoms with Crippen LogP contribution in [0, 0.1) is 29.1 Å². The van der Waals surface area contributed by atoms with Crippen LogP contribution in [0.5, 0.6) is 0 Å². The van der Waals surface area contributed by atoms with Crippen molar-refractivity contribution in [3.63, 3.8) is 0 Å². The molecule has 0 aromatic carbocycles. The number of aliphatic hydroxyl groups is 3. The lowest BCUT2D eigenvalue weighted by molar-refractivity contribution is -0.0162. The molecule has 0 aromatic heterocycles. The Morgan fingerprint density at radius 1 is 1.09 bits per heavy atom. The first-order valence-electron chi connectivity index (χ1n) is 13.7. The SMILES string of the molecule is C=C1[C@H](O)CC(=C/C=C2/CCC[C@@]3(C)C2CCC3C(C)C(CC)CC(O)(CC)CC)C[C@H]1O. The molecule has 0 saturated heterocycles. The topological polar surface area (TPSA) is 60.7 Å². The first-order valence-corrected chi connectivity index (χ1v) is 13.7. The standard InChI is InChI=1S/C30H50O3/c1-7-23(19-30(33,8-2)9-3)20(4)25-14-15-26-24(11-10-16-29(25,26)6)13-12-22-17-27(31)21(5)28(32)18-22/h12-13,20,23,25-28,31-33H,5,7-11,14-19H2,1-4,6H3/b24-13-/t20?,23?,25?,26?,27-,28-,29-/m1/s1. The van der Waals surface area contributed by atoms with E-state index in [0.717, 1.165) is 31.3 Å². The molecule has 0 spiro atoms. The Bertz CT molecular complexity index is 730. The summed E-state index contributed by atoms with van der Waals surface area (Å²) >= 11 is 0. The third kappa shape index (κ3) is 5.52. The van der Waals surface area contributed by atoms with Gasteiger partial charge < -0.3 is 15.3 Å². The van der Waals surface area contributed by atoms with Crippen LogP contribution in [0.4, 0.5) is 0 Å². The van der Waals surface area contributed by atoms with Gasteiger partial charge in [0.25, 0.3) is 0 Å². The largest absolute Gasteiger partial charge is 0.390 e. The smallest absolute Gasteiger partial charge is 0.0809 e. The molecule has 3 aliphatic carbocycles. The molecule has 0 heterocycles. The lowest BCUT2D eigenvalue weighted by atomic mass is 9.59. The Labute approximate surface area is 203 Å². The molecule has 33 heavy (non-hydrogen) atoms. The van der Waals surface area contributed by atoms with Crippen LogP contribution in [0.2, 0.25) is 0 Å². The van der Waals surface area contributed by atoms with E-state index in [2.05, 4.69) is 53.3 Å². The van der Waals surface area contributed by atoms with Crippen molar-refractivity contribution in [3.8, 4) is 0 Å². The summed E-state index contributed by atoms with van der Waals surface area (Å²) in [5.74, 6) is 2.55. The van der Waals surface area contributed by atoms with Gasteiger partial charge in [-0.3, -0.25) is 0 Å². The molecule has 4 unspecified atom stereocenters. The number of hydrogen-bond acceptors (Lipinski definition) is 3. The molecule has 0 aliphatic heterocycles. The van der Waals surface area contributed by atoms with Gasteiger partial charge in [-0.15, -0.1) is 0 Å². The van der Waals surface area contributed by atoms with Gasteiger partial charge in [0.15, 0.2) is 0 Å². The van der Waals surface area contributed by atoms with Crippen molar-refractivity contribution in [2.45, 2.75) is 123 Å². The van der Waals surface area contributed by atoms with Gasteiger partial charge in [-0.25, -0.2) is 0 Å². The fourth-order valence-electron chi connectivity index (χ4n) is 7.63. The maximum absolute atomic E-state index is 11.1. The quantitative estimate of drug-likeness (QED) is 0.353. The molecule has 3 rings (SSSR count). The predicted octanol–water partition coefficient (Wildman–Crippen LogP) is 6.73. The number of hydrogen-bond donors (Lipinski definition) is 3. The highest BCUT2D eigenvalue weighted by atomic mass is 16.3. The zero-order chi connectivity index (χ0) is 24.4. The Hall–Kier alpha value is -0.900. The van der Waals surface area contributed by atoms with E-state index in [1.54, 1.807) is 5.57 Å². The van der Waals surface area contributed by atoms with E-state index in [4.69, 9.17) is 0 Å². The van der Waals surface area contributed by atoms with Crippen LogP contribution in [-0.4, -0.2) is 33.1 Å². The van der Waals surface area contributed by atoms with Gasteiger partial charge in [0.05, 0.1) is 17.8 Å². The number of aliphatic hydroxyl groups excluding tert-OH is 2. The second-order valence-corrected chi connectivity index (χ2v) is 11.8. The van der Waals surface area contributed by atoms with Gasteiger partial charge in [-0.2, -0.15) is 0 Å². The highest BCUT2D eigenvalue weighted by molar-refractivity contribution is 5.29. The summed E-state index contributed by atoms with van der Waals surface area (Å²) < 4.78 is 0. The molecule has 0 aromatic rings. The van der Waals surface area contributed by atoms with E-state index < -0.39 is 17.8 Å². The van der Waals surface area contributed by atoms with Gasteiger partial charge in [-0.1, -0.05) is 70.9 Å². The summed E-state index contributed by atoms with van der Waals surface area (Å²) in [6.07, 6.45) is 14.5. The van der Waals surface area contributed by atoms with Crippen molar-refractivity contribution in [2.24, 2.45) is 29.1 Å². The predicted molar refractivity (Wildman–Crippen MR) is 138 cm³/mol. The molecule has 3 aliphatic rings. The zero-order valence-corrected chi connectivity index (χ0v) is 21.9. The normalized spacial score (nSPS) is 36.1. The van der Waals surface area contributed by atoms with Crippen LogP contribution in [0.25, 0.3) is 0 Å². The van der Waals surface area contributed by atoms with Crippen molar-refractivity contribution in [1.29, 1.82) is 0 Å². The van der Waals surface area contributed by atoms with Crippen LogP contribution in [-0.2, 0) is 0 Å². The van der Waals surface area contributed by atoms with E-state index in [9.17, 15) is 15.3 Å². The highest BCUT2D eigenvalue weighted by Gasteiger charge is 2.51. The summed E-state index contributed by atoms with van der Waals surface area (Å²) in [6.45, 7) is 15.4. The average molecular weight is 459 g/mol. The third-order valence-electron chi connectivity index (χ3n) is 10.2. The van der Waals surface area contributed by atoms with Crippen LogP contribution in [0.1, 0.15) is 105 Å². The summed E-state index contributed by atoms with van der Waals surface area (Å²) in [6, 6.07) is 0. The minimum absolute atomic E-state index is 0.339. The summed E-state index contributed by atoms with van der Waals surface area (Å²) in [5.41, 5.74) is 3.09. The van der Waals surface area contributed by atoms with Gasteiger partial charge in [0, 0.05) is 0 Å². The number of rotatable bonds is 8. The molecule has 3 saturated carbocycles. The lowest BCUT2D eigenvalue weighted by Gasteiger charge is -2.46. The Balaban J connectivity index is 1.76. The van der Waals surface area contributed by atoms with E-state index in [1.807, 2.05) is 0 Å². The maximum Gasteiger partial charge on any atom is 0.0809 e. The van der Waals surface area contributed by atoms with Crippen molar-refractivity contribution < 1.29 is 15.3 Å². The molecule has 0 amide bonds. The molecule has 3 heteroatoms. The molecule has 0 bridgehead atoms. The van der Waals surface area contributed by atoms with Crippen LogP contribution < -0.4 is 0 Å². The van der Waals surface area contributed by atoms with E-state index in [0.29, 0.717) is 47.5 Å². The van der Waals surface area contributed by atoms with Crippen molar-refractivity contribution in [3.05, 3.63) is 35.5 Å². The first-order chi connectivity index (χ1) is 15.6. The van der Waals surface area contributed by atoms with Crippen LogP contribution >= 0.6 is 0 Å². The molecule has 3 fully saturated rings. The van der Waals surface area contributed by atoms with Gasteiger partial charge in [0.2, 0.25) is 0 Å². The average Bonchev–Trinajstić information content (AvgIpc) is 3.16. The fraction of sp³-hybridized carbons (Fsp3) is 0.800. The van der Waals surface area contributed by atoms with Gasteiger partial charge in [0.1, 0.15) is 0 Å². The number of fused-ring (bicyclic) bond motifs is 1. The monoisotopic (exact) mass is 458 g/mol. The maximum atomic E-state index is 11.1. The molecular formula is C30H50O3. The zero-order valence-electron chi connectivity index (χ0n) is 21.9. The minimum atomic E-state index is -0.623. The highest BCUT2D eigenvalue weighted by Crippen LogP contribution is 2.60. The second kappa shape index (κ2) is 10.8. The molecule has 7 atom stereocenters. The fourth-order valence-corrected chi connectivity index (χ4v) is 7.63. The summed E-state index contributed by atoms with van der Waals surface area (Å²) in [7, 11) is 0. The van der Waals surface area contributed by atoms with Crippen molar-refractivity contribution in [1.82, 2.24) is 0 Å². The van der Waals surface area contributed by atoms with E-state index in [1.165, 1.54) is 32.1 Å². The Morgan fingerprint density at radius 2 is 1.73 bits per heavy atom. The van der Waals surface area contributed by atoms with Crippen LogP contribution in [0.3, 0.4) is 0 Å². The van der Waals surface area contributed by atoms with Crippen LogP contribution in [0.15, 0.2) is 35.5 Å². The molecule has 3 nitrogen and oxygen atoms in total. The molecule has 188 valence electrons. The van der Waals surface area contributed by atoms with Gasteiger partial charge in [-0.05, 0) is 98.9 Å². The van der Waals surface area contributed by atoms with Crippen molar-refractivity contribution >= 4 is 0 Å². The third-order valence-corrected chi connectivity index (χ3v) is 10.2. The molecular weight excluding hydrogens is 408 g/mol. The Morgan fingerprint density at radius 3 is 2.30 bits per heavy atom. The lowest BCUT2D eigenvalue weighted by Crippen LogP contribution is -2.40. The second-order valence-electron chi connectivity index (χ2n) is 11.8. The van der Waals surface area contributed by atoms with E-state index >= 15 is 0 Å². The number of allylic oxidation sites excluding steroid dienone is 3. The summed E-state index contributed by atoms with van der Waals surface area (Å²) in [4.78, 5) is 0. The van der Waals surface area contributed by atoms with E-state index in [-0.39, 0.29) is 0 Å². The Kier molecular flexibility index (Phi) is 8.73. The molecule has 0 radical (unpaired) electrons. The van der Waals surface area contributed by atoms with Crippen molar-refractivity contribution in [2.75, 3.05) is 0 Å². The first kappa shape index (κ1) is 26.7. The molecule has 3 N–H and O–H groups in total. The van der Waals surface area contributed by atoms with Gasteiger partial charge >= 0.3 is 0 Å².